The fourth-order valence-electron chi connectivity index (χ4n) is 2.26. The first-order valence-corrected chi connectivity index (χ1v) is 14.4. The molecule has 172 valence electrons. The van der Waals surface area contributed by atoms with Crippen molar-refractivity contribution in [1.29, 1.82) is 0 Å². The van der Waals surface area contributed by atoms with Gasteiger partial charge in [-0.3, -0.25) is 4.79 Å². The van der Waals surface area contributed by atoms with Crippen molar-refractivity contribution in [3.63, 3.8) is 0 Å². The van der Waals surface area contributed by atoms with Gasteiger partial charge in [0.05, 0.1) is 19.6 Å². The van der Waals surface area contributed by atoms with Crippen molar-refractivity contribution >= 4 is 25.6 Å². The predicted molar refractivity (Wildman–Crippen MR) is 125 cm³/mol. The number of hydrogen-bond donors (Lipinski definition) is 2. The molecule has 0 amide bonds. The van der Waals surface area contributed by atoms with Gasteiger partial charge in [0.2, 0.25) is 5.72 Å². The molecular formula is C22H39NO5SSi. The molecule has 0 fully saturated rings. The van der Waals surface area contributed by atoms with Gasteiger partial charge in [0.25, 0.3) is 0 Å². The molecule has 0 spiro atoms. The van der Waals surface area contributed by atoms with E-state index in [-0.39, 0.29) is 24.0 Å². The van der Waals surface area contributed by atoms with Gasteiger partial charge in [0.15, 0.2) is 8.32 Å². The number of hydrogen-bond acceptors (Lipinski definition) is 6. The smallest absolute Gasteiger partial charge is 0.310 e. The second-order valence-corrected chi connectivity index (χ2v) is 16.8. The summed E-state index contributed by atoms with van der Waals surface area (Å²) < 4.78 is 26.4. The molecule has 2 atom stereocenters. The first kappa shape index (κ1) is 27.1. The number of nitrogens with one attached hydrogen (secondary N) is 1. The van der Waals surface area contributed by atoms with Gasteiger partial charge in [-0.25, -0.2) is 0 Å². The second-order valence-electron chi connectivity index (χ2n) is 10.1. The first-order chi connectivity index (χ1) is 13.5. The number of benzene rings is 1. The van der Waals surface area contributed by atoms with Crippen molar-refractivity contribution < 1.29 is 23.6 Å². The lowest BCUT2D eigenvalue weighted by Gasteiger charge is -2.40. The van der Waals surface area contributed by atoms with Crippen LogP contribution < -0.4 is 4.72 Å². The second kappa shape index (κ2) is 10.1. The minimum atomic E-state index is -2.15. The van der Waals surface area contributed by atoms with Crippen LogP contribution in [0, 0.1) is 0 Å². The Bertz CT molecular complexity index is 697. The summed E-state index contributed by atoms with van der Waals surface area (Å²) in [6.45, 7) is 18.2. The summed E-state index contributed by atoms with van der Waals surface area (Å²) in [4.78, 5) is 11.7. The highest BCUT2D eigenvalue weighted by Gasteiger charge is 2.44. The largest absolute Gasteiger partial charge is 0.598 e. The predicted octanol–water partition coefficient (Wildman–Crippen LogP) is 4.01. The quantitative estimate of drug-likeness (QED) is 0.252. The van der Waals surface area contributed by atoms with Gasteiger partial charge in [-0.2, -0.15) is 0 Å². The number of esters is 1. The Hall–Kier alpha value is -0.903. The van der Waals surface area contributed by atoms with Crippen molar-refractivity contribution in [2.45, 2.75) is 83.5 Å². The highest BCUT2D eigenvalue weighted by molar-refractivity contribution is 7.90. The molecular weight excluding hydrogens is 418 g/mol. The van der Waals surface area contributed by atoms with Crippen LogP contribution in [0.1, 0.15) is 59.6 Å². The number of carbonyl (C=O) groups is 1. The number of carbonyl (C=O) groups excluding carboxylic acids is 1. The summed E-state index contributed by atoms with van der Waals surface area (Å²) >= 11 is -1.51. The zero-order valence-corrected chi connectivity index (χ0v) is 21.7. The van der Waals surface area contributed by atoms with Crippen LogP contribution in [0.4, 0.5) is 0 Å². The van der Waals surface area contributed by atoms with Crippen LogP contribution >= 0.6 is 0 Å². The van der Waals surface area contributed by atoms with Gasteiger partial charge in [-0.1, -0.05) is 45.0 Å². The summed E-state index contributed by atoms with van der Waals surface area (Å²) in [7, 11) is -2.15. The minimum Gasteiger partial charge on any atom is -0.598 e. The van der Waals surface area contributed by atoms with Crippen molar-refractivity contribution in [1.82, 2.24) is 4.72 Å². The van der Waals surface area contributed by atoms with Crippen LogP contribution in [0.15, 0.2) is 24.3 Å². The standard InChI is InChI=1S/C22H39NO5SSi/c1-10-27-19(24)15-17-11-13-18(14-12-17)22(25,23-29(26)20(2,3)4)16-28-30(8,9)21(5,6)7/h11-14,23,25H,10,15-16H2,1-9H3/t22?,29-/m0/s1. The topological polar surface area (TPSA) is 90.9 Å². The molecule has 0 heterocycles. The summed E-state index contributed by atoms with van der Waals surface area (Å²) in [5, 5.41) is 11.5. The van der Waals surface area contributed by atoms with Gasteiger partial charge in [0.1, 0.15) is 4.75 Å². The molecule has 1 unspecified atom stereocenters. The van der Waals surface area contributed by atoms with Crippen molar-refractivity contribution in [3.05, 3.63) is 35.4 Å². The third kappa shape index (κ3) is 7.66. The highest BCUT2D eigenvalue weighted by atomic mass is 32.2. The van der Waals surface area contributed by atoms with E-state index >= 15 is 0 Å². The van der Waals surface area contributed by atoms with E-state index in [1.165, 1.54) is 0 Å². The molecule has 0 aromatic heterocycles. The van der Waals surface area contributed by atoms with Gasteiger partial charge in [0, 0.05) is 16.9 Å². The van der Waals surface area contributed by atoms with Crippen LogP contribution in [0.3, 0.4) is 0 Å². The normalized spacial score (nSPS) is 16.1. The number of ether oxygens (including phenoxy) is 1. The molecule has 0 bridgehead atoms. The van der Waals surface area contributed by atoms with E-state index in [1.54, 1.807) is 31.2 Å². The Morgan fingerprint density at radius 2 is 1.67 bits per heavy atom. The monoisotopic (exact) mass is 457 g/mol. The molecule has 0 aliphatic heterocycles. The zero-order chi connectivity index (χ0) is 23.4. The number of aliphatic hydroxyl groups is 1. The van der Waals surface area contributed by atoms with E-state index < -0.39 is 30.2 Å². The van der Waals surface area contributed by atoms with E-state index in [0.29, 0.717) is 12.2 Å². The van der Waals surface area contributed by atoms with Gasteiger partial charge >= 0.3 is 5.97 Å². The average Bonchev–Trinajstić information content (AvgIpc) is 2.59. The van der Waals surface area contributed by atoms with Crippen molar-refractivity contribution in [2.24, 2.45) is 0 Å². The van der Waals surface area contributed by atoms with Crippen molar-refractivity contribution in [2.75, 3.05) is 13.2 Å². The lowest BCUT2D eigenvalue weighted by atomic mass is 10.0. The third-order valence-electron chi connectivity index (χ3n) is 5.35. The lowest BCUT2D eigenvalue weighted by Crippen LogP contribution is -2.56. The van der Waals surface area contributed by atoms with E-state index in [4.69, 9.17) is 9.16 Å². The Balaban J connectivity index is 3.15. The molecule has 30 heavy (non-hydrogen) atoms. The maximum Gasteiger partial charge on any atom is 0.310 e. The fraction of sp³-hybridized carbons (Fsp3) is 0.682. The van der Waals surface area contributed by atoms with Crippen LogP contribution in [-0.2, 0) is 37.5 Å². The summed E-state index contributed by atoms with van der Waals surface area (Å²) in [5.41, 5.74) is -0.316. The maximum absolute atomic E-state index is 12.8. The van der Waals surface area contributed by atoms with Gasteiger partial charge in [-0.15, -0.1) is 4.72 Å². The maximum atomic E-state index is 12.8. The Kier molecular flexibility index (Phi) is 9.17. The van der Waals surface area contributed by atoms with E-state index in [2.05, 4.69) is 38.6 Å². The highest BCUT2D eigenvalue weighted by Crippen LogP contribution is 2.38. The van der Waals surface area contributed by atoms with Crippen molar-refractivity contribution in [3.8, 4) is 0 Å². The van der Waals surface area contributed by atoms with Crippen LogP contribution in [0.5, 0.6) is 0 Å². The van der Waals surface area contributed by atoms with Crippen LogP contribution in [0.25, 0.3) is 0 Å². The zero-order valence-electron chi connectivity index (χ0n) is 19.9. The fourth-order valence-corrected chi connectivity index (χ4v) is 4.05. The average molecular weight is 458 g/mol. The summed E-state index contributed by atoms with van der Waals surface area (Å²) in [6.07, 6.45) is 0.161. The molecule has 8 heteroatoms. The Morgan fingerprint density at radius 1 is 1.13 bits per heavy atom. The van der Waals surface area contributed by atoms with Gasteiger partial charge in [-0.05, 0) is 51.4 Å². The van der Waals surface area contributed by atoms with Gasteiger partial charge < -0.3 is 18.8 Å². The lowest BCUT2D eigenvalue weighted by molar-refractivity contribution is -0.142. The molecule has 6 nitrogen and oxygen atoms in total. The van der Waals surface area contributed by atoms with E-state index in [9.17, 15) is 14.5 Å². The van der Waals surface area contributed by atoms with E-state index in [0.717, 1.165) is 5.56 Å². The first-order valence-electron chi connectivity index (χ1n) is 10.3. The third-order valence-corrected chi connectivity index (χ3v) is 11.5. The van der Waals surface area contributed by atoms with Crippen LogP contribution in [0.2, 0.25) is 18.1 Å². The van der Waals surface area contributed by atoms with E-state index in [1.807, 2.05) is 20.8 Å². The minimum absolute atomic E-state index is 0.0253. The molecule has 2 N–H and O–H groups in total. The molecule has 0 aliphatic rings. The molecule has 1 rings (SSSR count). The van der Waals surface area contributed by atoms with Crippen LogP contribution in [-0.4, -0.2) is 41.9 Å². The molecule has 1 aromatic carbocycles. The molecule has 0 saturated heterocycles. The molecule has 0 aliphatic carbocycles. The molecule has 0 saturated carbocycles. The summed E-state index contributed by atoms with van der Waals surface area (Å²) in [6, 6.07) is 7.00. The Labute approximate surface area is 186 Å². The SMILES string of the molecule is CCOC(=O)Cc1ccc(C(O)(CO[Si](C)(C)C(C)(C)C)N[S@@+]([O-])C(C)(C)C)cc1. The molecule has 1 aromatic rings. The number of rotatable bonds is 9. The molecule has 0 radical (unpaired) electrons. The Morgan fingerprint density at radius 3 is 2.10 bits per heavy atom. The summed E-state index contributed by atoms with van der Waals surface area (Å²) in [5.74, 6) is -0.297.